The molecule has 11 nitrogen and oxygen atoms in total. The molecule has 0 aromatic heterocycles. The molecule has 1 aromatic rings. The van der Waals surface area contributed by atoms with Gasteiger partial charge in [0, 0.05) is 13.3 Å². The highest BCUT2D eigenvalue weighted by Crippen LogP contribution is 2.27. The first-order valence-electron chi connectivity index (χ1n) is 7.70. The highest BCUT2D eigenvalue weighted by molar-refractivity contribution is 7.89. The van der Waals surface area contributed by atoms with E-state index in [9.17, 15) is 18.5 Å². The van der Waals surface area contributed by atoms with Crippen molar-refractivity contribution in [3.05, 3.63) is 39.9 Å². The van der Waals surface area contributed by atoms with Gasteiger partial charge in [-0.25, -0.2) is 18.5 Å². The number of hydrogen-bond acceptors (Lipinski definition) is 8. The van der Waals surface area contributed by atoms with E-state index in [1.807, 2.05) is 0 Å². The normalized spacial score (nSPS) is 19.4. The van der Waals surface area contributed by atoms with Crippen molar-refractivity contribution in [3.8, 4) is 0 Å². The Morgan fingerprint density at radius 1 is 1.33 bits per heavy atom. The fourth-order valence-electron chi connectivity index (χ4n) is 2.57. The summed E-state index contributed by atoms with van der Waals surface area (Å²) >= 11 is 5.07. The molecule has 0 bridgehead atoms. The Kier molecular flexibility index (Phi) is 5.89. The number of thiocarbonyl (C=S) groups is 1. The molecular weight excluding hydrogens is 394 g/mol. The van der Waals surface area contributed by atoms with Crippen molar-refractivity contribution in [1.29, 1.82) is 0 Å². The number of aliphatic imine (C=N–C) groups is 2. The average molecular weight is 413 g/mol. The molecule has 1 atom stereocenters. The molecule has 2 rings (SSSR count). The summed E-state index contributed by atoms with van der Waals surface area (Å²) in [5, 5.41) is 16.3. The summed E-state index contributed by atoms with van der Waals surface area (Å²) in [7, 11) is -3.82. The lowest BCUT2D eigenvalue weighted by Gasteiger charge is -2.29. The third-order valence-corrected chi connectivity index (χ3v) is 5.00. The molecule has 0 amide bonds. The first-order valence-corrected chi connectivity index (χ1v) is 9.65. The van der Waals surface area contributed by atoms with Gasteiger partial charge in [0.2, 0.25) is 10.0 Å². The lowest BCUT2D eigenvalue weighted by molar-refractivity contribution is -0.346. The van der Waals surface area contributed by atoms with Crippen molar-refractivity contribution in [3.63, 3.8) is 0 Å². The second-order valence-electron chi connectivity index (χ2n) is 5.87. The summed E-state index contributed by atoms with van der Waals surface area (Å²) in [6, 6.07) is 5.75. The van der Waals surface area contributed by atoms with Crippen LogP contribution in [0.3, 0.4) is 0 Å². The standard InChI is InChI=1S/C14H19N7O4S2/c1-14(18-11(6-7-15)12(19-14)21(22)23)20(13(16)26)8-9-2-4-10(5-3-9)27(17,24)25/h2-5H,6-8,15H2,1H3,(H2,16,26)(H2,17,24,25). The summed E-state index contributed by atoms with van der Waals surface area (Å²) in [6.07, 6.45) is 0.184. The van der Waals surface area contributed by atoms with Gasteiger partial charge in [0.25, 0.3) is 0 Å². The van der Waals surface area contributed by atoms with Crippen molar-refractivity contribution in [2.45, 2.75) is 30.6 Å². The van der Waals surface area contributed by atoms with E-state index in [4.69, 9.17) is 28.8 Å². The van der Waals surface area contributed by atoms with Gasteiger partial charge in [0.05, 0.1) is 11.4 Å². The van der Waals surface area contributed by atoms with E-state index >= 15 is 0 Å². The Morgan fingerprint density at radius 3 is 2.37 bits per heavy atom. The summed E-state index contributed by atoms with van der Waals surface area (Å²) in [5.74, 6) is -1.79. The van der Waals surface area contributed by atoms with Gasteiger partial charge in [-0.05, 0) is 46.4 Å². The van der Waals surface area contributed by atoms with Crippen LogP contribution in [0.2, 0.25) is 0 Å². The molecule has 0 spiro atoms. The van der Waals surface area contributed by atoms with E-state index in [1.165, 1.54) is 36.1 Å². The van der Waals surface area contributed by atoms with Gasteiger partial charge in [0.1, 0.15) is 5.71 Å². The summed E-state index contributed by atoms with van der Waals surface area (Å²) < 4.78 is 22.7. The van der Waals surface area contributed by atoms with E-state index in [0.29, 0.717) is 5.56 Å². The van der Waals surface area contributed by atoms with Crippen molar-refractivity contribution >= 4 is 38.9 Å². The second kappa shape index (κ2) is 7.64. The van der Waals surface area contributed by atoms with Crippen LogP contribution in [0.4, 0.5) is 0 Å². The van der Waals surface area contributed by atoms with Gasteiger partial charge in [-0.1, -0.05) is 12.1 Å². The van der Waals surface area contributed by atoms with Gasteiger partial charge in [-0.2, -0.15) is 0 Å². The van der Waals surface area contributed by atoms with Crippen LogP contribution in [0.15, 0.2) is 39.1 Å². The van der Waals surface area contributed by atoms with Crippen molar-refractivity contribution in [1.82, 2.24) is 4.90 Å². The van der Waals surface area contributed by atoms with Crippen LogP contribution in [-0.2, 0) is 16.6 Å². The number of amidine groups is 1. The fourth-order valence-corrected chi connectivity index (χ4v) is 3.32. The molecule has 0 fully saturated rings. The zero-order valence-corrected chi connectivity index (χ0v) is 16.0. The zero-order chi connectivity index (χ0) is 20.4. The smallest absolute Gasteiger partial charge is 0.376 e. The van der Waals surface area contributed by atoms with Crippen LogP contribution in [0, 0.1) is 10.1 Å². The zero-order valence-electron chi connectivity index (χ0n) is 14.4. The van der Waals surface area contributed by atoms with Crippen molar-refractivity contribution in [2.75, 3.05) is 6.54 Å². The molecule has 0 radical (unpaired) electrons. The van der Waals surface area contributed by atoms with Crippen LogP contribution in [0.5, 0.6) is 0 Å². The van der Waals surface area contributed by atoms with E-state index in [-0.39, 0.29) is 41.1 Å². The minimum absolute atomic E-state index is 0.0443. The molecule has 0 saturated heterocycles. The van der Waals surface area contributed by atoms with E-state index < -0.39 is 20.7 Å². The van der Waals surface area contributed by atoms with Gasteiger partial charge in [-0.3, -0.25) is 4.90 Å². The maximum atomic E-state index is 11.3. The van der Waals surface area contributed by atoms with Crippen LogP contribution >= 0.6 is 12.2 Å². The largest absolute Gasteiger partial charge is 0.384 e. The maximum Gasteiger partial charge on any atom is 0.384 e. The van der Waals surface area contributed by atoms with Crippen molar-refractivity contribution in [2.24, 2.45) is 26.6 Å². The average Bonchev–Trinajstić information content (AvgIpc) is 2.90. The number of benzene rings is 1. The predicted molar refractivity (Wildman–Crippen MR) is 104 cm³/mol. The number of primary sulfonamides is 1. The van der Waals surface area contributed by atoms with Gasteiger partial charge in [-0.15, -0.1) is 0 Å². The molecule has 1 aliphatic rings. The highest BCUT2D eigenvalue weighted by atomic mass is 32.2. The molecule has 0 aliphatic carbocycles. The number of sulfonamides is 1. The first-order chi connectivity index (χ1) is 12.5. The molecular formula is C14H19N7O4S2. The predicted octanol–water partition coefficient (Wildman–Crippen LogP) is -0.468. The minimum Gasteiger partial charge on any atom is -0.376 e. The Bertz CT molecular complexity index is 927. The second-order valence-corrected chi connectivity index (χ2v) is 7.85. The lowest BCUT2D eigenvalue weighted by Crippen LogP contribution is -2.48. The summed E-state index contributed by atoms with van der Waals surface area (Å²) in [4.78, 5) is 20.4. The number of nitro groups is 1. The third-order valence-electron chi connectivity index (χ3n) is 3.85. The number of hydrogen-bond donors (Lipinski definition) is 3. The SMILES string of the molecule is CC1(N(Cc2ccc(S(N)(=O)=O)cc2)C(N)=S)N=C(CCN)C([N+](=O)[O-])=N1. The lowest BCUT2D eigenvalue weighted by atomic mass is 10.2. The van der Waals surface area contributed by atoms with Crippen LogP contribution < -0.4 is 16.6 Å². The summed E-state index contributed by atoms with van der Waals surface area (Å²) in [6.45, 7) is 1.81. The number of nitrogens with zero attached hydrogens (tertiary/aromatic N) is 4. The molecule has 0 saturated carbocycles. The Morgan fingerprint density at radius 2 is 1.93 bits per heavy atom. The molecule has 1 heterocycles. The quantitative estimate of drug-likeness (QED) is 0.317. The van der Waals surface area contributed by atoms with Crippen molar-refractivity contribution < 1.29 is 13.3 Å². The molecule has 1 aromatic carbocycles. The maximum absolute atomic E-state index is 11.3. The van der Waals surface area contributed by atoms with Crippen LogP contribution in [0.25, 0.3) is 0 Å². The van der Waals surface area contributed by atoms with E-state index in [2.05, 4.69) is 9.98 Å². The fraction of sp³-hybridized carbons (Fsp3) is 0.357. The Balaban J connectivity index is 2.37. The first kappa shape index (κ1) is 20.8. The van der Waals surface area contributed by atoms with E-state index in [1.54, 1.807) is 0 Å². The van der Waals surface area contributed by atoms with Crippen LogP contribution in [-0.4, -0.2) is 47.2 Å². The highest BCUT2D eigenvalue weighted by Gasteiger charge is 2.46. The summed E-state index contributed by atoms with van der Waals surface area (Å²) in [5.41, 5.74) is 12.1. The molecule has 1 aliphatic heterocycles. The van der Waals surface area contributed by atoms with Crippen LogP contribution in [0.1, 0.15) is 18.9 Å². The van der Waals surface area contributed by atoms with Gasteiger partial charge < -0.3 is 21.6 Å². The Labute approximate surface area is 161 Å². The molecule has 146 valence electrons. The topological polar surface area (TPSA) is 183 Å². The number of nitrogens with two attached hydrogens (primary N) is 3. The number of rotatable bonds is 6. The van der Waals surface area contributed by atoms with Gasteiger partial charge >= 0.3 is 11.6 Å². The molecule has 1 unspecified atom stereocenters. The monoisotopic (exact) mass is 413 g/mol. The van der Waals surface area contributed by atoms with E-state index in [0.717, 1.165) is 0 Å². The Hall–Kier alpha value is -2.48. The third kappa shape index (κ3) is 4.63. The minimum atomic E-state index is -3.82. The van der Waals surface area contributed by atoms with Gasteiger partial charge in [0.15, 0.2) is 5.11 Å². The molecule has 27 heavy (non-hydrogen) atoms. The molecule has 13 heteroatoms. The molecule has 6 N–H and O–H groups in total.